The van der Waals surface area contributed by atoms with Crippen LogP contribution >= 0.6 is 0 Å². The number of methoxy groups -OCH3 is 1. The van der Waals surface area contributed by atoms with Crippen molar-refractivity contribution in [3.8, 4) is 5.75 Å². The number of rotatable bonds is 4. The van der Waals surface area contributed by atoms with Crippen LogP contribution in [-0.4, -0.2) is 32.6 Å². The molecule has 2 aromatic carbocycles. The Balaban J connectivity index is 2.08. The van der Waals surface area contributed by atoms with Gasteiger partial charge in [0.25, 0.3) is 0 Å². The maximum Gasteiger partial charge on any atom is 0.130 e. The van der Waals surface area contributed by atoms with E-state index < -0.39 is 0 Å². The molecule has 2 heteroatoms. The SMILES string of the molecule is COc1c(C2C=CC=C2CN(C)C)ccc2ccccc12. The molecule has 0 bridgehead atoms. The van der Waals surface area contributed by atoms with Crippen molar-refractivity contribution in [1.82, 2.24) is 4.90 Å². The average Bonchev–Trinajstić information content (AvgIpc) is 2.93. The van der Waals surface area contributed by atoms with Gasteiger partial charge >= 0.3 is 0 Å². The topological polar surface area (TPSA) is 12.5 Å². The molecule has 0 aliphatic heterocycles. The second kappa shape index (κ2) is 5.74. The van der Waals surface area contributed by atoms with Crippen LogP contribution in [0.4, 0.5) is 0 Å². The van der Waals surface area contributed by atoms with Crippen molar-refractivity contribution in [2.24, 2.45) is 0 Å². The quantitative estimate of drug-likeness (QED) is 0.839. The molecule has 2 nitrogen and oxygen atoms in total. The van der Waals surface area contributed by atoms with E-state index in [2.05, 4.69) is 73.6 Å². The van der Waals surface area contributed by atoms with Crippen molar-refractivity contribution in [3.63, 3.8) is 0 Å². The maximum absolute atomic E-state index is 5.75. The third kappa shape index (κ3) is 2.59. The van der Waals surface area contributed by atoms with Gasteiger partial charge in [-0.15, -0.1) is 0 Å². The van der Waals surface area contributed by atoms with Crippen LogP contribution in [0.2, 0.25) is 0 Å². The van der Waals surface area contributed by atoms with E-state index in [1.165, 1.54) is 21.9 Å². The van der Waals surface area contributed by atoms with Gasteiger partial charge in [-0.2, -0.15) is 0 Å². The molecular formula is C19H21NO. The Morgan fingerprint density at radius 1 is 1.10 bits per heavy atom. The summed E-state index contributed by atoms with van der Waals surface area (Å²) in [5.74, 6) is 1.31. The van der Waals surface area contributed by atoms with Gasteiger partial charge in [0, 0.05) is 23.4 Å². The normalized spacial score (nSPS) is 17.5. The lowest BCUT2D eigenvalue weighted by molar-refractivity contribution is 0.411. The molecule has 1 aliphatic rings. The number of hydrogen-bond donors (Lipinski definition) is 0. The van der Waals surface area contributed by atoms with Crippen molar-refractivity contribution in [3.05, 3.63) is 65.8 Å². The highest BCUT2D eigenvalue weighted by molar-refractivity contribution is 5.90. The lowest BCUT2D eigenvalue weighted by Gasteiger charge is -2.21. The zero-order valence-corrected chi connectivity index (χ0v) is 12.8. The second-order valence-electron chi connectivity index (χ2n) is 5.75. The molecule has 0 amide bonds. The van der Waals surface area contributed by atoms with Gasteiger partial charge in [0.2, 0.25) is 0 Å². The van der Waals surface area contributed by atoms with Crippen molar-refractivity contribution < 1.29 is 4.74 Å². The number of ether oxygens (including phenoxy) is 1. The standard InChI is InChI=1S/C19H21NO/c1-20(2)13-15-8-6-10-16(15)18-12-11-14-7-4-5-9-17(14)19(18)21-3/h4-12,16H,13H2,1-3H3. The fourth-order valence-corrected chi connectivity index (χ4v) is 3.07. The van der Waals surface area contributed by atoms with Crippen molar-refractivity contribution >= 4 is 10.8 Å². The highest BCUT2D eigenvalue weighted by Gasteiger charge is 2.22. The van der Waals surface area contributed by atoms with Crippen LogP contribution in [0.3, 0.4) is 0 Å². The number of nitrogens with zero attached hydrogens (tertiary/aromatic N) is 1. The predicted octanol–water partition coefficient (Wildman–Crippen LogP) is 3.99. The first kappa shape index (κ1) is 13.9. The van der Waals surface area contributed by atoms with Crippen molar-refractivity contribution in [2.45, 2.75) is 5.92 Å². The molecule has 1 atom stereocenters. The summed E-state index contributed by atoms with van der Waals surface area (Å²) < 4.78 is 5.75. The summed E-state index contributed by atoms with van der Waals surface area (Å²) in [6.07, 6.45) is 6.63. The van der Waals surface area contributed by atoms with E-state index in [4.69, 9.17) is 4.74 Å². The molecule has 0 N–H and O–H groups in total. The fourth-order valence-electron chi connectivity index (χ4n) is 3.07. The van der Waals surface area contributed by atoms with Crippen molar-refractivity contribution in [1.29, 1.82) is 0 Å². The zero-order valence-electron chi connectivity index (χ0n) is 12.8. The average molecular weight is 279 g/mol. The van der Waals surface area contributed by atoms with E-state index in [9.17, 15) is 0 Å². The van der Waals surface area contributed by atoms with Gasteiger partial charge in [-0.05, 0) is 25.1 Å². The number of fused-ring (bicyclic) bond motifs is 1. The summed E-state index contributed by atoms with van der Waals surface area (Å²) in [5, 5.41) is 2.40. The number of benzene rings is 2. The van der Waals surface area contributed by atoms with Crippen LogP contribution in [-0.2, 0) is 0 Å². The second-order valence-corrected chi connectivity index (χ2v) is 5.75. The molecule has 0 saturated carbocycles. The van der Waals surface area contributed by atoms with Gasteiger partial charge in [-0.3, -0.25) is 0 Å². The monoisotopic (exact) mass is 279 g/mol. The number of hydrogen-bond acceptors (Lipinski definition) is 2. The Morgan fingerprint density at radius 3 is 2.67 bits per heavy atom. The smallest absolute Gasteiger partial charge is 0.130 e. The minimum absolute atomic E-state index is 0.312. The van der Waals surface area contributed by atoms with Gasteiger partial charge < -0.3 is 9.64 Å². The van der Waals surface area contributed by atoms with E-state index in [0.717, 1.165) is 12.3 Å². The molecule has 0 saturated heterocycles. The van der Waals surface area contributed by atoms with Crippen LogP contribution < -0.4 is 4.74 Å². The molecule has 1 aliphatic carbocycles. The van der Waals surface area contributed by atoms with E-state index in [1.807, 2.05) is 0 Å². The molecule has 0 aromatic heterocycles. The minimum atomic E-state index is 0.312. The summed E-state index contributed by atoms with van der Waals surface area (Å²) in [6.45, 7) is 0.966. The van der Waals surface area contributed by atoms with Gasteiger partial charge in [0.15, 0.2) is 0 Å². The Morgan fingerprint density at radius 2 is 1.90 bits per heavy atom. The van der Waals surface area contributed by atoms with Crippen LogP contribution in [0, 0.1) is 0 Å². The van der Waals surface area contributed by atoms with E-state index >= 15 is 0 Å². The molecule has 0 spiro atoms. The molecule has 0 heterocycles. The third-order valence-corrected chi connectivity index (χ3v) is 3.96. The first-order chi connectivity index (χ1) is 10.2. The first-order valence-corrected chi connectivity index (χ1v) is 7.28. The minimum Gasteiger partial charge on any atom is -0.496 e. The lowest BCUT2D eigenvalue weighted by Crippen LogP contribution is -2.17. The van der Waals surface area contributed by atoms with E-state index in [-0.39, 0.29) is 0 Å². The maximum atomic E-state index is 5.75. The predicted molar refractivity (Wildman–Crippen MR) is 89.0 cm³/mol. The van der Waals surface area contributed by atoms with E-state index in [1.54, 1.807) is 7.11 Å². The van der Waals surface area contributed by atoms with Gasteiger partial charge in [0.05, 0.1) is 7.11 Å². The number of allylic oxidation sites excluding steroid dienone is 3. The van der Waals surface area contributed by atoms with Gasteiger partial charge in [0.1, 0.15) is 5.75 Å². The highest BCUT2D eigenvalue weighted by atomic mass is 16.5. The molecule has 108 valence electrons. The van der Waals surface area contributed by atoms with Gasteiger partial charge in [-0.25, -0.2) is 0 Å². The molecule has 0 radical (unpaired) electrons. The Labute approximate surface area is 126 Å². The Kier molecular flexibility index (Phi) is 3.80. The van der Waals surface area contributed by atoms with Crippen LogP contribution in [0.5, 0.6) is 5.75 Å². The summed E-state index contributed by atoms with van der Waals surface area (Å²) in [7, 11) is 5.97. The Bertz CT molecular complexity index is 713. The first-order valence-electron chi connectivity index (χ1n) is 7.28. The third-order valence-electron chi connectivity index (χ3n) is 3.96. The summed E-state index contributed by atoms with van der Waals surface area (Å²) in [4.78, 5) is 2.21. The molecule has 21 heavy (non-hydrogen) atoms. The highest BCUT2D eigenvalue weighted by Crippen LogP contribution is 2.39. The summed E-state index contributed by atoms with van der Waals surface area (Å²) in [5.41, 5.74) is 2.66. The molecular weight excluding hydrogens is 258 g/mol. The van der Waals surface area contributed by atoms with Gasteiger partial charge in [-0.1, -0.05) is 54.6 Å². The lowest BCUT2D eigenvalue weighted by atomic mass is 9.90. The summed E-state index contributed by atoms with van der Waals surface area (Å²) in [6, 6.07) is 12.8. The molecule has 3 rings (SSSR count). The molecule has 2 aromatic rings. The van der Waals surface area contributed by atoms with E-state index in [0.29, 0.717) is 5.92 Å². The van der Waals surface area contributed by atoms with Crippen LogP contribution in [0.15, 0.2) is 60.2 Å². The molecule has 1 unspecified atom stereocenters. The zero-order chi connectivity index (χ0) is 14.8. The summed E-state index contributed by atoms with van der Waals surface area (Å²) >= 11 is 0. The fraction of sp³-hybridized carbons (Fsp3) is 0.263. The largest absolute Gasteiger partial charge is 0.496 e. The van der Waals surface area contributed by atoms with Crippen LogP contribution in [0.1, 0.15) is 11.5 Å². The van der Waals surface area contributed by atoms with Crippen molar-refractivity contribution in [2.75, 3.05) is 27.7 Å². The van der Waals surface area contributed by atoms with Crippen LogP contribution in [0.25, 0.3) is 10.8 Å². The number of likely N-dealkylation sites (N-methyl/N-ethyl adjacent to an activating group) is 1. The molecule has 0 fully saturated rings. The Hall–Kier alpha value is -2.06.